The fourth-order valence-corrected chi connectivity index (χ4v) is 4.44. The molecule has 3 aromatic carbocycles. The molecule has 44 heavy (non-hydrogen) atoms. The standard InChI is InChI=1S/C31H28Cl2F5NO5/c1-30(2,31(36,37)38)27(41)11-6-17-4-8-22(33)20(12-17)24(40)14-18-5-10-25(44-16-28(34)35)21(13-18)29(42)39-23-9-7-19(32)15-26(23)43-3/h4-5,7-10,12-13,15,28H,6,11,14,16H2,1-3H3,(H,39,42). The van der Waals surface area contributed by atoms with Gasteiger partial charge in [-0.05, 0) is 67.8 Å². The van der Waals surface area contributed by atoms with Crippen molar-refractivity contribution in [2.45, 2.75) is 45.7 Å². The monoisotopic (exact) mass is 659 g/mol. The van der Waals surface area contributed by atoms with E-state index in [0.717, 1.165) is 13.8 Å². The highest BCUT2D eigenvalue weighted by Gasteiger charge is 2.51. The van der Waals surface area contributed by atoms with E-state index in [-0.39, 0.29) is 46.2 Å². The van der Waals surface area contributed by atoms with Crippen LogP contribution in [0, 0.1) is 5.41 Å². The van der Waals surface area contributed by atoms with Crippen molar-refractivity contribution in [2.24, 2.45) is 5.41 Å². The second-order valence-electron chi connectivity index (χ2n) is 10.3. The molecule has 0 atom stereocenters. The van der Waals surface area contributed by atoms with Gasteiger partial charge in [0.25, 0.3) is 12.3 Å². The van der Waals surface area contributed by atoms with Crippen LogP contribution in [0.2, 0.25) is 10.0 Å². The molecule has 0 aliphatic heterocycles. The number of hydrogen-bond acceptors (Lipinski definition) is 5. The van der Waals surface area contributed by atoms with Crippen molar-refractivity contribution in [3.05, 3.63) is 86.9 Å². The minimum Gasteiger partial charge on any atom is -0.495 e. The molecule has 0 spiro atoms. The Balaban J connectivity index is 1.84. The molecule has 0 aliphatic rings. The van der Waals surface area contributed by atoms with Crippen LogP contribution in [0.1, 0.15) is 52.1 Å². The van der Waals surface area contributed by atoms with Crippen molar-refractivity contribution in [1.29, 1.82) is 0 Å². The van der Waals surface area contributed by atoms with Crippen molar-refractivity contribution in [1.82, 2.24) is 0 Å². The molecule has 0 aliphatic carbocycles. The van der Waals surface area contributed by atoms with E-state index in [1.54, 1.807) is 0 Å². The van der Waals surface area contributed by atoms with Crippen molar-refractivity contribution in [2.75, 3.05) is 19.0 Å². The lowest BCUT2D eigenvalue weighted by Gasteiger charge is -2.26. The van der Waals surface area contributed by atoms with Gasteiger partial charge in [0.2, 0.25) is 0 Å². The molecule has 0 heterocycles. The van der Waals surface area contributed by atoms with Gasteiger partial charge < -0.3 is 14.8 Å². The molecule has 0 aromatic heterocycles. The number of benzene rings is 3. The Morgan fingerprint density at radius 1 is 0.886 bits per heavy atom. The Hall–Kier alpha value is -3.70. The van der Waals surface area contributed by atoms with Gasteiger partial charge in [-0.2, -0.15) is 13.2 Å². The first kappa shape index (κ1) is 34.8. The molecule has 0 saturated heterocycles. The number of alkyl halides is 5. The van der Waals surface area contributed by atoms with Gasteiger partial charge in [-0.25, -0.2) is 8.78 Å². The van der Waals surface area contributed by atoms with E-state index >= 15 is 0 Å². The van der Waals surface area contributed by atoms with Gasteiger partial charge in [0.05, 0.1) is 23.4 Å². The van der Waals surface area contributed by atoms with Gasteiger partial charge in [-0.15, -0.1) is 0 Å². The average Bonchev–Trinajstić information content (AvgIpc) is 2.95. The zero-order valence-corrected chi connectivity index (χ0v) is 25.3. The number of anilines is 1. The third kappa shape index (κ3) is 8.69. The number of Topliss-reactive ketones (excluding diaryl/α,β-unsaturated/α-hetero) is 2. The second-order valence-corrected chi connectivity index (χ2v) is 11.1. The summed E-state index contributed by atoms with van der Waals surface area (Å²) in [5.74, 6) is -2.14. The molecule has 1 amide bonds. The summed E-state index contributed by atoms with van der Waals surface area (Å²) >= 11 is 12.2. The van der Waals surface area contributed by atoms with Gasteiger partial charge >= 0.3 is 6.18 Å². The van der Waals surface area contributed by atoms with Crippen LogP contribution in [0.15, 0.2) is 54.6 Å². The summed E-state index contributed by atoms with van der Waals surface area (Å²) in [7, 11) is 1.37. The summed E-state index contributed by atoms with van der Waals surface area (Å²) < 4.78 is 75.8. The first-order chi connectivity index (χ1) is 20.5. The summed E-state index contributed by atoms with van der Waals surface area (Å²) in [5, 5.41) is 3.03. The highest BCUT2D eigenvalue weighted by atomic mass is 35.5. The molecular formula is C31H28Cl2F5NO5. The SMILES string of the molecule is COc1cc(Cl)ccc1NC(=O)c1cc(CC(=O)c2cc(CCC(=O)C(C)(C)C(F)(F)F)ccc2Cl)ccc1OCC(F)F. The maximum Gasteiger partial charge on any atom is 0.400 e. The van der Waals surface area contributed by atoms with E-state index in [4.69, 9.17) is 32.7 Å². The molecular weight excluding hydrogens is 632 g/mol. The first-order valence-corrected chi connectivity index (χ1v) is 13.9. The Labute approximate surface area is 260 Å². The van der Waals surface area contributed by atoms with E-state index in [9.17, 15) is 36.3 Å². The van der Waals surface area contributed by atoms with Crippen molar-refractivity contribution >= 4 is 46.4 Å². The molecule has 0 bridgehead atoms. The number of carbonyl (C=O) groups is 3. The van der Waals surface area contributed by atoms with Crippen LogP contribution in [0.5, 0.6) is 11.5 Å². The van der Waals surface area contributed by atoms with Crippen LogP contribution in [-0.2, 0) is 17.6 Å². The van der Waals surface area contributed by atoms with Crippen LogP contribution in [0.4, 0.5) is 27.6 Å². The summed E-state index contributed by atoms with van der Waals surface area (Å²) in [4.78, 5) is 38.7. The molecule has 0 fully saturated rings. The van der Waals surface area contributed by atoms with Crippen molar-refractivity contribution in [3.8, 4) is 11.5 Å². The number of methoxy groups -OCH3 is 1. The van der Waals surface area contributed by atoms with Gasteiger partial charge in [0.1, 0.15) is 29.3 Å². The number of hydrogen-bond donors (Lipinski definition) is 1. The average molecular weight is 660 g/mol. The highest BCUT2D eigenvalue weighted by molar-refractivity contribution is 6.34. The Bertz CT molecular complexity index is 1540. The number of carbonyl (C=O) groups excluding carboxylic acids is 3. The van der Waals surface area contributed by atoms with E-state index in [1.807, 2.05) is 0 Å². The number of rotatable bonds is 13. The van der Waals surface area contributed by atoms with Crippen molar-refractivity contribution < 1.29 is 45.8 Å². The normalized spacial score (nSPS) is 11.8. The number of aryl methyl sites for hydroxylation is 1. The lowest BCUT2D eigenvalue weighted by atomic mass is 9.84. The molecule has 6 nitrogen and oxygen atoms in total. The van der Waals surface area contributed by atoms with Crippen LogP contribution in [0.25, 0.3) is 0 Å². The van der Waals surface area contributed by atoms with Crippen LogP contribution in [-0.4, -0.2) is 43.8 Å². The fourth-order valence-electron chi connectivity index (χ4n) is 4.05. The van der Waals surface area contributed by atoms with Gasteiger partial charge in [0.15, 0.2) is 5.78 Å². The van der Waals surface area contributed by atoms with Gasteiger partial charge in [-0.3, -0.25) is 14.4 Å². The largest absolute Gasteiger partial charge is 0.495 e. The first-order valence-electron chi connectivity index (χ1n) is 13.1. The minimum atomic E-state index is -4.71. The molecule has 0 radical (unpaired) electrons. The maximum absolute atomic E-state index is 13.2. The fraction of sp³-hybridized carbons (Fsp3) is 0.323. The van der Waals surface area contributed by atoms with Crippen LogP contribution < -0.4 is 14.8 Å². The predicted molar refractivity (Wildman–Crippen MR) is 157 cm³/mol. The number of ketones is 2. The van der Waals surface area contributed by atoms with Crippen LogP contribution in [0.3, 0.4) is 0 Å². The van der Waals surface area contributed by atoms with E-state index in [1.165, 1.54) is 61.7 Å². The van der Waals surface area contributed by atoms with Crippen LogP contribution >= 0.6 is 23.2 Å². The third-order valence-electron chi connectivity index (χ3n) is 6.81. The van der Waals surface area contributed by atoms with Crippen molar-refractivity contribution in [3.63, 3.8) is 0 Å². The lowest BCUT2D eigenvalue weighted by molar-refractivity contribution is -0.210. The van der Waals surface area contributed by atoms with Gasteiger partial charge in [-0.1, -0.05) is 35.3 Å². The molecule has 13 heteroatoms. The second kappa shape index (κ2) is 14.4. The summed E-state index contributed by atoms with van der Waals surface area (Å²) in [6.45, 7) is 0.654. The molecule has 3 aromatic rings. The third-order valence-corrected chi connectivity index (χ3v) is 7.37. The Kier molecular flexibility index (Phi) is 11.4. The molecule has 0 saturated carbocycles. The molecule has 1 N–H and O–H groups in total. The van der Waals surface area contributed by atoms with Gasteiger partial charge in [0, 0.05) is 29.5 Å². The number of ether oxygens (including phenoxy) is 2. The van der Waals surface area contributed by atoms with E-state index in [2.05, 4.69) is 5.32 Å². The zero-order valence-electron chi connectivity index (χ0n) is 23.8. The number of halogens is 7. The van der Waals surface area contributed by atoms with E-state index < -0.39 is 48.5 Å². The Morgan fingerprint density at radius 3 is 2.18 bits per heavy atom. The maximum atomic E-state index is 13.2. The molecule has 3 rings (SSSR count). The smallest absolute Gasteiger partial charge is 0.400 e. The molecule has 236 valence electrons. The minimum absolute atomic E-state index is 0.0511. The Morgan fingerprint density at radius 2 is 1.55 bits per heavy atom. The molecule has 0 unspecified atom stereocenters. The highest BCUT2D eigenvalue weighted by Crippen LogP contribution is 2.39. The lowest BCUT2D eigenvalue weighted by Crippen LogP contribution is -2.39. The number of amides is 1. The predicted octanol–water partition coefficient (Wildman–Crippen LogP) is 8.41. The summed E-state index contributed by atoms with van der Waals surface area (Å²) in [5.41, 5.74) is -1.62. The summed E-state index contributed by atoms with van der Waals surface area (Å²) in [6, 6.07) is 12.8. The zero-order chi connectivity index (χ0) is 32.8. The quantitative estimate of drug-likeness (QED) is 0.147. The number of nitrogens with one attached hydrogen (secondary N) is 1. The van der Waals surface area contributed by atoms with E-state index in [0.29, 0.717) is 16.1 Å². The summed E-state index contributed by atoms with van der Waals surface area (Å²) in [6.07, 6.45) is -8.25. The topological polar surface area (TPSA) is 81.7 Å².